The van der Waals surface area contributed by atoms with Crippen LogP contribution >= 0.6 is 0 Å². The quantitative estimate of drug-likeness (QED) is 0.565. The summed E-state index contributed by atoms with van der Waals surface area (Å²) in [5.74, 6) is 0. The highest BCUT2D eigenvalue weighted by atomic mass is 16.0. The summed E-state index contributed by atoms with van der Waals surface area (Å²) in [6.45, 7) is 17.7. The van der Waals surface area contributed by atoms with Gasteiger partial charge in [-0.1, -0.05) is 37.6 Å². The van der Waals surface area contributed by atoms with Crippen molar-refractivity contribution in [3.63, 3.8) is 0 Å². The Morgan fingerprint density at radius 1 is 0.842 bits per heavy atom. The minimum Gasteiger partial charge on any atom is -0.412 e. The van der Waals surface area contributed by atoms with Crippen LogP contribution in [0, 0.1) is 5.41 Å². The van der Waals surface area contributed by atoms with E-state index in [2.05, 4.69) is 33.2 Å². The molecule has 0 rings (SSSR count). The summed E-state index contributed by atoms with van der Waals surface area (Å²) in [5.41, 5.74) is 6.42. The Morgan fingerprint density at radius 2 is 1.21 bits per heavy atom. The van der Waals surface area contributed by atoms with Gasteiger partial charge in [0.2, 0.25) is 0 Å². The molecule has 0 atom stereocenters. The van der Waals surface area contributed by atoms with E-state index in [1.807, 2.05) is 24.3 Å². The van der Waals surface area contributed by atoms with Gasteiger partial charge < -0.3 is 11.2 Å². The zero-order valence-electron chi connectivity index (χ0n) is 12.5. The van der Waals surface area contributed by atoms with E-state index in [1.54, 1.807) is 0 Å². The van der Waals surface area contributed by atoms with Gasteiger partial charge in [0.15, 0.2) is 0 Å². The topological polar surface area (TPSA) is 57.5 Å². The van der Waals surface area contributed by atoms with Gasteiger partial charge in [0.25, 0.3) is 0 Å². The summed E-state index contributed by atoms with van der Waals surface area (Å²) in [6.07, 6.45) is 13.4. The molecule has 0 aliphatic rings. The van der Waals surface area contributed by atoms with E-state index in [9.17, 15) is 0 Å². The number of hydrogen-bond acceptors (Lipinski definition) is 1. The first-order chi connectivity index (χ1) is 8.55. The van der Waals surface area contributed by atoms with Gasteiger partial charge in [-0.05, 0) is 37.5 Å². The average molecular weight is 265 g/mol. The Morgan fingerprint density at radius 3 is 1.47 bits per heavy atom. The van der Waals surface area contributed by atoms with Crippen LogP contribution in [0.3, 0.4) is 0 Å². The minimum absolute atomic E-state index is 0. The molecule has 0 saturated carbocycles. The Balaban J connectivity index is 0. The average Bonchev–Trinajstić information content (AvgIpc) is 2.30. The molecule has 0 unspecified atom stereocenters. The normalized spacial score (nSPS) is 11.3. The van der Waals surface area contributed by atoms with E-state index >= 15 is 0 Å². The van der Waals surface area contributed by atoms with Gasteiger partial charge in [-0.15, -0.1) is 26.3 Å². The van der Waals surface area contributed by atoms with E-state index in [0.29, 0.717) is 0 Å². The monoisotopic (exact) mass is 265 g/mol. The van der Waals surface area contributed by atoms with Crippen LogP contribution in [0.5, 0.6) is 0 Å². The van der Waals surface area contributed by atoms with Crippen LogP contribution in [0.25, 0.3) is 0 Å². The molecular weight excluding hydrogens is 234 g/mol. The van der Waals surface area contributed by atoms with Crippen LogP contribution in [0.1, 0.15) is 45.4 Å². The fraction of sp³-hybridized carbons (Fsp3) is 0.529. The maximum absolute atomic E-state index is 6.72. The molecule has 0 aromatic carbocycles. The lowest BCUT2D eigenvalue weighted by molar-refractivity contribution is 0.111. The molecule has 110 valence electrons. The molecule has 0 aliphatic carbocycles. The third-order valence-electron chi connectivity index (χ3n) is 3.87. The van der Waals surface area contributed by atoms with Crippen LogP contribution in [0.2, 0.25) is 0 Å². The molecule has 0 heterocycles. The van der Waals surface area contributed by atoms with Crippen molar-refractivity contribution in [2.75, 3.05) is 0 Å². The molecule has 0 spiro atoms. The lowest BCUT2D eigenvalue weighted by Crippen LogP contribution is -2.54. The van der Waals surface area contributed by atoms with Crippen molar-refractivity contribution in [3.05, 3.63) is 50.6 Å². The summed E-state index contributed by atoms with van der Waals surface area (Å²) in [6, 6.07) is 0. The zero-order chi connectivity index (χ0) is 14.1. The standard InChI is InChI=1S/C17H29N.H2O/c1-6-11-16(12-7-2,13-8-3)17(18,14-9-4)15-10-5;/h6-7,9-10H,1-2,4-5,8,11-15,18H2,3H3;1H2. The molecule has 0 bridgehead atoms. The molecule has 0 amide bonds. The fourth-order valence-corrected chi connectivity index (χ4v) is 3.01. The van der Waals surface area contributed by atoms with Crippen molar-refractivity contribution in [3.8, 4) is 0 Å². The van der Waals surface area contributed by atoms with Crippen molar-refractivity contribution in [2.24, 2.45) is 11.1 Å². The molecule has 0 fully saturated rings. The largest absolute Gasteiger partial charge is 0.412 e. The summed E-state index contributed by atoms with van der Waals surface area (Å²) in [5, 5.41) is 0. The van der Waals surface area contributed by atoms with E-state index in [1.165, 1.54) is 0 Å². The molecular formula is C17H31NO. The van der Waals surface area contributed by atoms with E-state index in [4.69, 9.17) is 5.73 Å². The first-order valence-corrected chi connectivity index (χ1v) is 6.78. The second kappa shape index (κ2) is 9.76. The third kappa shape index (κ3) is 4.81. The van der Waals surface area contributed by atoms with E-state index < -0.39 is 0 Å². The van der Waals surface area contributed by atoms with Crippen molar-refractivity contribution in [1.29, 1.82) is 0 Å². The second-order valence-electron chi connectivity index (χ2n) is 5.16. The predicted molar refractivity (Wildman–Crippen MR) is 87.1 cm³/mol. The highest BCUT2D eigenvalue weighted by Crippen LogP contribution is 2.46. The summed E-state index contributed by atoms with van der Waals surface area (Å²) >= 11 is 0. The van der Waals surface area contributed by atoms with Crippen molar-refractivity contribution < 1.29 is 5.48 Å². The SMILES string of the molecule is C=CCC(N)(CC=C)C(CC=C)(CC=C)CCC.O. The number of nitrogens with two attached hydrogens (primary N) is 1. The van der Waals surface area contributed by atoms with E-state index in [-0.39, 0.29) is 16.4 Å². The van der Waals surface area contributed by atoms with Gasteiger partial charge in [0.05, 0.1) is 0 Å². The van der Waals surface area contributed by atoms with E-state index in [0.717, 1.165) is 38.5 Å². The van der Waals surface area contributed by atoms with Crippen molar-refractivity contribution in [1.82, 2.24) is 0 Å². The summed E-state index contributed by atoms with van der Waals surface area (Å²) in [7, 11) is 0. The van der Waals surface area contributed by atoms with Crippen LogP contribution in [0.4, 0.5) is 0 Å². The third-order valence-corrected chi connectivity index (χ3v) is 3.87. The van der Waals surface area contributed by atoms with Gasteiger partial charge >= 0.3 is 0 Å². The van der Waals surface area contributed by atoms with Crippen LogP contribution in [-0.4, -0.2) is 11.0 Å². The Labute approximate surface area is 119 Å². The molecule has 0 radical (unpaired) electrons. The summed E-state index contributed by atoms with van der Waals surface area (Å²) in [4.78, 5) is 0. The van der Waals surface area contributed by atoms with Crippen LogP contribution in [0.15, 0.2) is 50.6 Å². The molecule has 2 heteroatoms. The predicted octanol–water partition coefficient (Wildman–Crippen LogP) is 3.95. The first kappa shape index (κ1) is 20.2. The first-order valence-electron chi connectivity index (χ1n) is 6.78. The van der Waals surface area contributed by atoms with Gasteiger partial charge in [0.1, 0.15) is 0 Å². The fourth-order valence-electron chi connectivity index (χ4n) is 3.01. The molecule has 19 heavy (non-hydrogen) atoms. The number of hydrogen-bond donors (Lipinski definition) is 1. The molecule has 0 saturated heterocycles. The Bertz CT molecular complexity index is 274. The molecule has 2 nitrogen and oxygen atoms in total. The summed E-state index contributed by atoms with van der Waals surface area (Å²) < 4.78 is 0. The van der Waals surface area contributed by atoms with Gasteiger partial charge in [-0.25, -0.2) is 0 Å². The van der Waals surface area contributed by atoms with Crippen molar-refractivity contribution in [2.45, 2.75) is 51.0 Å². The maximum Gasteiger partial charge on any atom is 0.0286 e. The van der Waals surface area contributed by atoms with Crippen molar-refractivity contribution >= 4 is 0 Å². The second-order valence-corrected chi connectivity index (χ2v) is 5.16. The van der Waals surface area contributed by atoms with Crippen LogP contribution < -0.4 is 5.73 Å². The number of allylic oxidation sites excluding steroid dienone is 2. The van der Waals surface area contributed by atoms with Crippen LogP contribution in [-0.2, 0) is 0 Å². The highest BCUT2D eigenvalue weighted by Gasteiger charge is 2.44. The lowest BCUT2D eigenvalue weighted by atomic mass is 9.60. The molecule has 4 N–H and O–H groups in total. The Kier molecular flexibility index (Phi) is 10.4. The number of rotatable bonds is 11. The van der Waals surface area contributed by atoms with Gasteiger partial charge in [0, 0.05) is 5.54 Å². The zero-order valence-corrected chi connectivity index (χ0v) is 12.5. The minimum atomic E-state index is -0.311. The molecule has 0 aliphatic heterocycles. The van der Waals surface area contributed by atoms with Gasteiger partial charge in [-0.3, -0.25) is 0 Å². The molecule has 0 aromatic heterocycles. The smallest absolute Gasteiger partial charge is 0.0286 e. The maximum atomic E-state index is 6.72. The lowest BCUT2D eigenvalue weighted by Gasteiger charge is -2.48. The van der Waals surface area contributed by atoms with Gasteiger partial charge in [-0.2, -0.15) is 0 Å². The molecule has 0 aromatic rings. The highest BCUT2D eigenvalue weighted by molar-refractivity contribution is 5.11. The Hall–Kier alpha value is -1.12.